The maximum Gasteiger partial charge on any atom is 0.161 e. The molecule has 0 amide bonds. The summed E-state index contributed by atoms with van der Waals surface area (Å²) >= 11 is 0. The maximum absolute atomic E-state index is 5.91. The molecule has 0 fully saturated rings. The van der Waals surface area contributed by atoms with E-state index < -0.39 is 0 Å². The number of hydrazine groups is 1. The molecule has 1 aromatic rings. The number of methoxy groups -OCH3 is 1. The van der Waals surface area contributed by atoms with E-state index in [0.717, 1.165) is 30.9 Å². The van der Waals surface area contributed by atoms with Crippen molar-refractivity contribution in [3.8, 4) is 11.5 Å². The van der Waals surface area contributed by atoms with Gasteiger partial charge in [0.05, 0.1) is 6.04 Å². The molecule has 2 rings (SSSR count). The highest BCUT2D eigenvalue weighted by Crippen LogP contribution is 2.31. The molecule has 100 valence electrons. The van der Waals surface area contributed by atoms with Gasteiger partial charge in [-0.3, -0.25) is 11.3 Å². The van der Waals surface area contributed by atoms with Crippen LogP contribution in [0.3, 0.4) is 0 Å². The highest BCUT2D eigenvalue weighted by Gasteiger charge is 2.27. The van der Waals surface area contributed by atoms with Crippen molar-refractivity contribution in [1.82, 2.24) is 5.43 Å². The smallest absolute Gasteiger partial charge is 0.161 e. The minimum Gasteiger partial charge on any atom is -0.486 e. The second kappa shape index (κ2) is 6.58. The normalized spacial score (nSPS) is 19.6. The van der Waals surface area contributed by atoms with Crippen molar-refractivity contribution in [3.05, 3.63) is 24.3 Å². The number of rotatable bonds is 6. The molecule has 18 heavy (non-hydrogen) atoms. The van der Waals surface area contributed by atoms with Gasteiger partial charge in [-0.1, -0.05) is 12.1 Å². The second-order valence-electron chi connectivity index (χ2n) is 4.32. The fourth-order valence-electron chi connectivity index (χ4n) is 2.06. The van der Waals surface area contributed by atoms with Gasteiger partial charge in [0.1, 0.15) is 12.7 Å². The van der Waals surface area contributed by atoms with E-state index in [0.29, 0.717) is 6.61 Å². The van der Waals surface area contributed by atoms with E-state index in [1.807, 2.05) is 24.3 Å². The number of hydrogen-bond acceptors (Lipinski definition) is 5. The van der Waals surface area contributed by atoms with Gasteiger partial charge in [0.2, 0.25) is 0 Å². The van der Waals surface area contributed by atoms with Crippen LogP contribution in [0.15, 0.2) is 24.3 Å². The second-order valence-corrected chi connectivity index (χ2v) is 4.32. The first kappa shape index (κ1) is 13.1. The van der Waals surface area contributed by atoms with Gasteiger partial charge in [0.25, 0.3) is 0 Å². The zero-order chi connectivity index (χ0) is 12.8. The van der Waals surface area contributed by atoms with Crippen molar-refractivity contribution in [2.45, 2.75) is 25.0 Å². The number of para-hydroxylation sites is 2. The van der Waals surface area contributed by atoms with Crippen LogP contribution >= 0.6 is 0 Å². The van der Waals surface area contributed by atoms with Crippen LogP contribution in [0.5, 0.6) is 11.5 Å². The Morgan fingerprint density at radius 2 is 2.22 bits per heavy atom. The van der Waals surface area contributed by atoms with Gasteiger partial charge in [-0.05, 0) is 25.0 Å². The van der Waals surface area contributed by atoms with Crippen LogP contribution in [0.2, 0.25) is 0 Å². The molecule has 0 saturated carbocycles. The van der Waals surface area contributed by atoms with Crippen molar-refractivity contribution in [1.29, 1.82) is 0 Å². The van der Waals surface area contributed by atoms with Gasteiger partial charge >= 0.3 is 0 Å². The Kier molecular flexibility index (Phi) is 4.81. The highest BCUT2D eigenvalue weighted by molar-refractivity contribution is 5.40. The average molecular weight is 252 g/mol. The summed E-state index contributed by atoms with van der Waals surface area (Å²) in [5, 5.41) is 0. The molecular formula is C13H20N2O3. The predicted molar refractivity (Wildman–Crippen MR) is 68.6 cm³/mol. The molecule has 2 atom stereocenters. The Bertz CT molecular complexity index is 373. The third-order valence-corrected chi connectivity index (χ3v) is 3.06. The molecule has 0 spiro atoms. The Balaban J connectivity index is 1.93. The summed E-state index contributed by atoms with van der Waals surface area (Å²) in [6, 6.07) is 7.74. The summed E-state index contributed by atoms with van der Waals surface area (Å²) in [7, 11) is 1.70. The molecule has 2 unspecified atom stereocenters. The molecule has 3 N–H and O–H groups in total. The van der Waals surface area contributed by atoms with E-state index in [1.165, 1.54) is 0 Å². The molecule has 0 aliphatic carbocycles. The first-order valence-electron chi connectivity index (χ1n) is 6.18. The minimum atomic E-state index is -0.0678. The maximum atomic E-state index is 5.91. The number of hydrogen-bond donors (Lipinski definition) is 2. The lowest BCUT2D eigenvalue weighted by molar-refractivity contribution is 0.0563. The van der Waals surface area contributed by atoms with Crippen molar-refractivity contribution < 1.29 is 14.2 Å². The third kappa shape index (κ3) is 3.13. The number of nitrogens with one attached hydrogen (secondary N) is 1. The molecule has 0 saturated heterocycles. The summed E-state index contributed by atoms with van der Waals surface area (Å²) in [5.74, 6) is 7.15. The molecule has 1 aliphatic heterocycles. The zero-order valence-corrected chi connectivity index (χ0v) is 10.6. The van der Waals surface area contributed by atoms with Crippen LogP contribution in [-0.4, -0.2) is 32.5 Å². The fraction of sp³-hybridized carbons (Fsp3) is 0.538. The Labute approximate surface area is 107 Å². The summed E-state index contributed by atoms with van der Waals surface area (Å²) in [5.41, 5.74) is 2.80. The Morgan fingerprint density at radius 1 is 1.44 bits per heavy atom. The molecule has 5 heteroatoms. The Morgan fingerprint density at radius 3 is 2.94 bits per heavy atom. The number of nitrogens with two attached hydrogens (primary N) is 1. The quantitative estimate of drug-likeness (QED) is 0.450. The molecule has 0 bridgehead atoms. The van der Waals surface area contributed by atoms with Crippen LogP contribution in [-0.2, 0) is 4.74 Å². The van der Waals surface area contributed by atoms with E-state index >= 15 is 0 Å². The topological polar surface area (TPSA) is 65.7 Å². The highest BCUT2D eigenvalue weighted by atomic mass is 16.6. The largest absolute Gasteiger partial charge is 0.486 e. The van der Waals surface area contributed by atoms with Crippen LogP contribution in [0.25, 0.3) is 0 Å². The molecule has 1 aromatic carbocycles. The van der Waals surface area contributed by atoms with E-state index in [-0.39, 0.29) is 12.1 Å². The van der Waals surface area contributed by atoms with Crippen LogP contribution < -0.4 is 20.7 Å². The van der Waals surface area contributed by atoms with Gasteiger partial charge < -0.3 is 14.2 Å². The van der Waals surface area contributed by atoms with Crippen LogP contribution in [0, 0.1) is 0 Å². The van der Waals surface area contributed by atoms with Gasteiger partial charge in [-0.2, -0.15) is 0 Å². The molecular weight excluding hydrogens is 232 g/mol. The monoisotopic (exact) mass is 252 g/mol. The number of benzene rings is 1. The van der Waals surface area contributed by atoms with Crippen molar-refractivity contribution in [2.75, 3.05) is 20.3 Å². The van der Waals surface area contributed by atoms with Crippen molar-refractivity contribution in [3.63, 3.8) is 0 Å². The Hall–Kier alpha value is -1.30. The first-order chi connectivity index (χ1) is 8.85. The van der Waals surface area contributed by atoms with Gasteiger partial charge in [-0.15, -0.1) is 0 Å². The fourth-order valence-corrected chi connectivity index (χ4v) is 2.06. The average Bonchev–Trinajstić information content (AvgIpc) is 2.43. The predicted octanol–water partition coefficient (Wildman–Crippen LogP) is 1.08. The van der Waals surface area contributed by atoms with Crippen LogP contribution in [0.1, 0.15) is 12.8 Å². The SMILES string of the molecule is COCCCC(NN)C1COc2ccccc2O1. The zero-order valence-electron chi connectivity index (χ0n) is 10.6. The number of fused-ring (bicyclic) bond motifs is 1. The molecule has 0 aromatic heterocycles. The molecule has 1 aliphatic rings. The molecule has 1 heterocycles. The van der Waals surface area contributed by atoms with Gasteiger partial charge in [0.15, 0.2) is 11.5 Å². The summed E-state index contributed by atoms with van der Waals surface area (Å²) in [6.45, 7) is 1.24. The lowest BCUT2D eigenvalue weighted by atomic mass is 10.1. The van der Waals surface area contributed by atoms with Crippen molar-refractivity contribution >= 4 is 0 Å². The summed E-state index contributed by atoms with van der Waals surface area (Å²) in [6.07, 6.45) is 1.76. The van der Waals surface area contributed by atoms with E-state index in [4.69, 9.17) is 20.1 Å². The minimum absolute atomic E-state index is 0.0634. The van der Waals surface area contributed by atoms with E-state index in [1.54, 1.807) is 7.11 Å². The first-order valence-corrected chi connectivity index (χ1v) is 6.18. The van der Waals surface area contributed by atoms with Crippen molar-refractivity contribution in [2.24, 2.45) is 5.84 Å². The number of ether oxygens (including phenoxy) is 3. The van der Waals surface area contributed by atoms with E-state index in [2.05, 4.69) is 5.43 Å². The van der Waals surface area contributed by atoms with E-state index in [9.17, 15) is 0 Å². The molecule has 0 radical (unpaired) electrons. The third-order valence-electron chi connectivity index (χ3n) is 3.06. The lowest BCUT2D eigenvalue weighted by Gasteiger charge is -2.31. The summed E-state index contributed by atoms with van der Waals surface area (Å²) in [4.78, 5) is 0. The standard InChI is InChI=1S/C13H20N2O3/c1-16-8-4-5-10(15-14)13-9-17-11-6-2-3-7-12(11)18-13/h2-3,6-7,10,13,15H,4-5,8-9,14H2,1H3. The summed E-state index contributed by atoms with van der Waals surface area (Å²) < 4.78 is 16.6. The van der Waals surface area contributed by atoms with Gasteiger partial charge in [-0.25, -0.2) is 0 Å². The van der Waals surface area contributed by atoms with Crippen LogP contribution in [0.4, 0.5) is 0 Å². The molecule has 5 nitrogen and oxygen atoms in total. The lowest BCUT2D eigenvalue weighted by Crippen LogP contribution is -2.50. The van der Waals surface area contributed by atoms with Gasteiger partial charge in [0, 0.05) is 13.7 Å².